The topological polar surface area (TPSA) is 44.8 Å². The summed E-state index contributed by atoms with van der Waals surface area (Å²) in [7, 11) is 1.53. The van der Waals surface area contributed by atoms with Crippen LogP contribution < -0.4 is 0 Å². The minimum atomic E-state index is -0.772. The van der Waals surface area contributed by atoms with Crippen LogP contribution in [0.15, 0.2) is 78.0 Å². The fraction of sp³-hybridized carbons (Fsp3) is 0.484. The third-order valence-corrected chi connectivity index (χ3v) is 6.01. The van der Waals surface area contributed by atoms with Gasteiger partial charge in [-0.05, 0) is 37.0 Å². The maximum Gasteiger partial charge on any atom is 0.340 e. The third kappa shape index (κ3) is 10.7. The third-order valence-electron chi connectivity index (χ3n) is 6.01. The normalized spacial score (nSPS) is 13.4. The number of benzene rings is 2. The van der Waals surface area contributed by atoms with Crippen molar-refractivity contribution >= 4 is 5.97 Å². The van der Waals surface area contributed by atoms with E-state index in [4.69, 9.17) is 14.2 Å². The zero-order valence-corrected chi connectivity index (χ0v) is 21.9. The minimum Gasteiger partial charge on any atom is -0.455 e. The number of unbranched alkanes of at least 4 members (excludes halogenated alkanes) is 5. The molecule has 0 aliphatic heterocycles. The molecule has 0 unspecified atom stereocenters. The maximum atomic E-state index is 13.1. The van der Waals surface area contributed by atoms with Crippen molar-refractivity contribution in [3.63, 3.8) is 0 Å². The van der Waals surface area contributed by atoms with Gasteiger partial charge in [0.1, 0.15) is 6.10 Å². The SMILES string of the molecule is CCCCCCCC=C=C(C)[C@@H](OC(=O)[C@@H](OC)c1ccccc1)[C@H](C)COCc1ccccc1. The Labute approximate surface area is 212 Å². The molecule has 2 rings (SSSR count). The Balaban J connectivity index is 2.07. The zero-order chi connectivity index (χ0) is 25.3. The number of carbonyl (C=O) groups excluding carboxylic acids is 1. The van der Waals surface area contributed by atoms with Gasteiger partial charge in [0, 0.05) is 18.6 Å². The van der Waals surface area contributed by atoms with Crippen LogP contribution in [0.4, 0.5) is 0 Å². The number of carbonyl (C=O) groups is 1. The summed E-state index contributed by atoms with van der Waals surface area (Å²) in [5.41, 5.74) is 6.17. The fourth-order valence-corrected chi connectivity index (χ4v) is 4.00. The van der Waals surface area contributed by atoms with Gasteiger partial charge in [0.15, 0.2) is 6.10 Å². The quantitative estimate of drug-likeness (QED) is 0.142. The van der Waals surface area contributed by atoms with Crippen molar-refractivity contribution in [1.82, 2.24) is 0 Å². The Morgan fingerprint density at radius 1 is 0.971 bits per heavy atom. The highest BCUT2D eigenvalue weighted by atomic mass is 16.6. The molecule has 0 aromatic heterocycles. The Morgan fingerprint density at radius 2 is 1.63 bits per heavy atom. The van der Waals surface area contributed by atoms with Gasteiger partial charge in [-0.3, -0.25) is 0 Å². The molecule has 0 aliphatic rings. The average molecular weight is 479 g/mol. The smallest absolute Gasteiger partial charge is 0.340 e. The highest BCUT2D eigenvalue weighted by molar-refractivity contribution is 5.77. The van der Waals surface area contributed by atoms with E-state index in [2.05, 4.69) is 18.7 Å². The molecule has 0 amide bonds. The number of esters is 1. The molecule has 4 nitrogen and oxygen atoms in total. The van der Waals surface area contributed by atoms with Gasteiger partial charge in [-0.15, -0.1) is 5.73 Å². The Bertz CT molecular complexity index is 900. The molecule has 0 spiro atoms. The first-order valence-corrected chi connectivity index (χ1v) is 12.9. The molecule has 0 aliphatic carbocycles. The minimum absolute atomic E-state index is 0.0404. The molecule has 2 aromatic rings. The standard InChI is InChI=1S/C31H42O4/c1-5-6-7-8-9-10-13-18-25(2)29(26(3)23-34-24-27-19-14-11-15-20-27)35-31(32)30(33-4)28-21-16-12-17-22-28/h11-17,19-22,26,29-30H,5-10,23-24H2,1-4H3/t18?,26-,29-,30+/m1/s1. The zero-order valence-electron chi connectivity index (χ0n) is 21.9. The van der Waals surface area contributed by atoms with Gasteiger partial charge in [0.05, 0.1) is 13.2 Å². The van der Waals surface area contributed by atoms with Crippen LogP contribution in [-0.2, 0) is 25.6 Å². The van der Waals surface area contributed by atoms with E-state index in [1.807, 2.05) is 74.5 Å². The molecular formula is C31H42O4. The second-order valence-electron chi connectivity index (χ2n) is 9.10. The van der Waals surface area contributed by atoms with Crippen LogP contribution in [0.5, 0.6) is 0 Å². The van der Waals surface area contributed by atoms with Crippen molar-refractivity contribution < 1.29 is 19.0 Å². The first-order chi connectivity index (χ1) is 17.1. The van der Waals surface area contributed by atoms with Crippen molar-refractivity contribution in [2.45, 2.75) is 78.1 Å². The van der Waals surface area contributed by atoms with Crippen molar-refractivity contribution in [1.29, 1.82) is 0 Å². The average Bonchev–Trinajstić information content (AvgIpc) is 2.88. The lowest BCUT2D eigenvalue weighted by atomic mass is 9.98. The lowest BCUT2D eigenvalue weighted by Gasteiger charge is -2.26. The summed E-state index contributed by atoms with van der Waals surface area (Å²) in [6.07, 6.45) is 8.04. The Morgan fingerprint density at radius 3 is 2.29 bits per heavy atom. The first-order valence-electron chi connectivity index (χ1n) is 12.9. The summed E-state index contributed by atoms with van der Waals surface area (Å²) in [5, 5.41) is 0. The highest BCUT2D eigenvalue weighted by Crippen LogP contribution is 2.24. The second-order valence-corrected chi connectivity index (χ2v) is 9.10. The molecule has 0 heterocycles. The van der Waals surface area contributed by atoms with Gasteiger partial charge in [0.25, 0.3) is 0 Å². The summed E-state index contributed by atoms with van der Waals surface area (Å²) < 4.78 is 17.5. The van der Waals surface area contributed by atoms with Gasteiger partial charge < -0.3 is 14.2 Å². The first kappa shape index (κ1) is 28.6. The van der Waals surface area contributed by atoms with Crippen LogP contribution in [0.25, 0.3) is 0 Å². The monoisotopic (exact) mass is 478 g/mol. The van der Waals surface area contributed by atoms with E-state index in [1.54, 1.807) is 0 Å². The Kier molecular flexibility index (Phi) is 13.8. The molecule has 0 radical (unpaired) electrons. The summed E-state index contributed by atoms with van der Waals surface area (Å²) in [6, 6.07) is 19.5. The Hall–Kier alpha value is -2.65. The predicted molar refractivity (Wildman–Crippen MR) is 142 cm³/mol. The van der Waals surface area contributed by atoms with Gasteiger partial charge in [0.2, 0.25) is 0 Å². The molecule has 0 saturated carbocycles. The highest BCUT2D eigenvalue weighted by Gasteiger charge is 2.29. The molecule has 35 heavy (non-hydrogen) atoms. The van der Waals surface area contributed by atoms with Gasteiger partial charge in [-0.1, -0.05) is 100 Å². The van der Waals surface area contributed by atoms with Crippen LogP contribution >= 0.6 is 0 Å². The van der Waals surface area contributed by atoms with Crippen molar-refractivity contribution in [2.75, 3.05) is 13.7 Å². The number of ether oxygens (including phenoxy) is 3. The molecule has 4 heteroatoms. The van der Waals surface area contributed by atoms with E-state index in [1.165, 1.54) is 32.8 Å². The van der Waals surface area contributed by atoms with Crippen molar-refractivity contribution in [3.05, 3.63) is 89.2 Å². The van der Waals surface area contributed by atoms with Crippen molar-refractivity contribution in [3.8, 4) is 0 Å². The number of rotatable bonds is 16. The van der Waals surface area contributed by atoms with Crippen LogP contribution in [0, 0.1) is 5.92 Å². The van der Waals surface area contributed by atoms with Crippen LogP contribution in [0.3, 0.4) is 0 Å². The molecule has 0 saturated heterocycles. The predicted octanol–water partition coefficient (Wildman–Crippen LogP) is 7.60. The molecule has 0 bridgehead atoms. The summed E-state index contributed by atoms with van der Waals surface area (Å²) >= 11 is 0. The molecule has 190 valence electrons. The summed E-state index contributed by atoms with van der Waals surface area (Å²) in [5.74, 6) is -0.444. The number of methoxy groups -OCH3 is 1. The van der Waals surface area contributed by atoms with Crippen molar-refractivity contribution in [2.24, 2.45) is 5.92 Å². The molecule has 0 N–H and O–H groups in total. The van der Waals surface area contributed by atoms with E-state index in [0.29, 0.717) is 13.2 Å². The van der Waals surface area contributed by atoms with E-state index in [9.17, 15) is 4.79 Å². The second kappa shape index (κ2) is 16.9. The molecule has 2 aromatic carbocycles. The maximum absolute atomic E-state index is 13.1. The number of hydrogen-bond acceptors (Lipinski definition) is 4. The van der Waals surface area contributed by atoms with Gasteiger partial charge in [-0.25, -0.2) is 4.79 Å². The van der Waals surface area contributed by atoms with Crippen LogP contribution in [-0.4, -0.2) is 25.8 Å². The lowest BCUT2D eigenvalue weighted by molar-refractivity contribution is -0.162. The van der Waals surface area contributed by atoms with Gasteiger partial charge in [-0.2, -0.15) is 0 Å². The number of hydrogen-bond donors (Lipinski definition) is 0. The molecular weight excluding hydrogens is 436 g/mol. The largest absolute Gasteiger partial charge is 0.455 e. The molecule has 3 atom stereocenters. The van der Waals surface area contributed by atoms with E-state index >= 15 is 0 Å². The molecule has 0 fully saturated rings. The van der Waals surface area contributed by atoms with E-state index in [0.717, 1.165) is 29.5 Å². The van der Waals surface area contributed by atoms with E-state index in [-0.39, 0.29) is 5.92 Å². The van der Waals surface area contributed by atoms with Crippen LogP contribution in [0.1, 0.15) is 76.5 Å². The van der Waals surface area contributed by atoms with Gasteiger partial charge >= 0.3 is 5.97 Å². The van der Waals surface area contributed by atoms with E-state index < -0.39 is 18.2 Å². The van der Waals surface area contributed by atoms with Crippen LogP contribution in [0.2, 0.25) is 0 Å². The summed E-state index contributed by atoms with van der Waals surface area (Å²) in [4.78, 5) is 13.1. The lowest BCUT2D eigenvalue weighted by Crippen LogP contribution is -2.32. The summed E-state index contributed by atoms with van der Waals surface area (Å²) in [6.45, 7) is 7.23. The fourth-order valence-electron chi connectivity index (χ4n) is 4.00.